The van der Waals surface area contributed by atoms with Crippen molar-refractivity contribution in [3.8, 4) is 28.7 Å². The van der Waals surface area contributed by atoms with Gasteiger partial charge in [0.2, 0.25) is 17.2 Å². The Kier molecular flexibility index (Phi) is 24.6. The van der Waals surface area contributed by atoms with E-state index >= 15 is 0 Å². The van der Waals surface area contributed by atoms with Gasteiger partial charge in [-0.05, 0) is 32.1 Å². The molecule has 0 aliphatic carbocycles. The lowest BCUT2D eigenvalue weighted by Crippen LogP contribution is -2.10. The SMILES string of the molecule is CCCCCCOc1cc(OCCCCCC)c(OCCCCCC)c(OCCCCCC)c1OCCCCCC. The second-order valence-corrected chi connectivity index (χ2v) is 11.4. The molecule has 0 amide bonds. The van der Waals surface area contributed by atoms with Gasteiger partial charge in [-0.25, -0.2) is 0 Å². The summed E-state index contributed by atoms with van der Waals surface area (Å²) in [5, 5.41) is 0. The van der Waals surface area contributed by atoms with Crippen LogP contribution in [-0.4, -0.2) is 33.0 Å². The third-order valence-electron chi connectivity index (χ3n) is 7.37. The molecule has 1 rings (SSSR count). The van der Waals surface area contributed by atoms with E-state index in [0.717, 1.165) is 62.9 Å². The van der Waals surface area contributed by atoms with E-state index in [1.807, 2.05) is 6.07 Å². The first-order valence-corrected chi connectivity index (χ1v) is 17.6. The molecule has 0 N–H and O–H groups in total. The van der Waals surface area contributed by atoms with Crippen LogP contribution in [0.5, 0.6) is 28.7 Å². The predicted octanol–water partition coefficient (Wildman–Crippen LogP) is 11.5. The van der Waals surface area contributed by atoms with Crippen molar-refractivity contribution < 1.29 is 23.7 Å². The fourth-order valence-corrected chi connectivity index (χ4v) is 4.73. The van der Waals surface area contributed by atoms with Gasteiger partial charge in [-0.3, -0.25) is 0 Å². The van der Waals surface area contributed by atoms with Gasteiger partial charge >= 0.3 is 0 Å². The van der Waals surface area contributed by atoms with Gasteiger partial charge in [0.25, 0.3) is 0 Å². The molecule has 1 aromatic carbocycles. The number of unbranched alkanes of at least 4 members (excludes halogenated alkanes) is 15. The molecule has 5 heteroatoms. The molecule has 5 nitrogen and oxygen atoms in total. The highest BCUT2D eigenvalue weighted by Crippen LogP contribution is 2.51. The minimum Gasteiger partial charge on any atom is -0.489 e. The van der Waals surface area contributed by atoms with E-state index in [0.29, 0.717) is 50.3 Å². The van der Waals surface area contributed by atoms with Gasteiger partial charge in [0.05, 0.1) is 33.0 Å². The van der Waals surface area contributed by atoms with Crippen molar-refractivity contribution in [1.82, 2.24) is 0 Å². The lowest BCUT2D eigenvalue weighted by Gasteiger charge is -2.23. The molecule has 0 atom stereocenters. The van der Waals surface area contributed by atoms with E-state index in [1.165, 1.54) is 77.0 Å². The maximum absolute atomic E-state index is 6.53. The van der Waals surface area contributed by atoms with Crippen LogP contribution in [0.1, 0.15) is 163 Å². The fourth-order valence-electron chi connectivity index (χ4n) is 4.73. The smallest absolute Gasteiger partial charge is 0.211 e. The molecular weight excluding hydrogens is 512 g/mol. The van der Waals surface area contributed by atoms with Gasteiger partial charge in [0.15, 0.2) is 11.5 Å². The van der Waals surface area contributed by atoms with Crippen molar-refractivity contribution in [2.24, 2.45) is 0 Å². The van der Waals surface area contributed by atoms with Crippen LogP contribution in [0.15, 0.2) is 6.07 Å². The normalized spacial score (nSPS) is 11.0. The number of ether oxygens (including phenoxy) is 5. The topological polar surface area (TPSA) is 46.2 Å². The minimum atomic E-state index is 0.633. The van der Waals surface area contributed by atoms with Crippen LogP contribution in [-0.2, 0) is 0 Å². The quantitative estimate of drug-likeness (QED) is 0.0850. The first-order chi connectivity index (χ1) is 20.2. The number of hydrogen-bond donors (Lipinski definition) is 0. The van der Waals surface area contributed by atoms with E-state index < -0.39 is 0 Å². The highest BCUT2D eigenvalue weighted by molar-refractivity contribution is 5.65. The second kappa shape index (κ2) is 27.1. The van der Waals surface area contributed by atoms with Crippen LogP contribution >= 0.6 is 0 Å². The molecule has 41 heavy (non-hydrogen) atoms. The van der Waals surface area contributed by atoms with Crippen molar-refractivity contribution in [2.75, 3.05) is 33.0 Å². The molecule has 0 radical (unpaired) electrons. The average Bonchev–Trinajstić information content (AvgIpc) is 2.98. The Morgan fingerprint density at radius 3 is 0.878 bits per heavy atom. The van der Waals surface area contributed by atoms with Crippen LogP contribution in [0, 0.1) is 0 Å². The molecular formula is C36H66O5. The van der Waals surface area contributed by atoms with Crippen molar-refractivity contribution in [1.29, 1.82) is 0 Å². The zero-order chi connectivity index (χ0) is 29.8. The van der Waals surface area contributed by atoms with Crippen LogP contribution in [0.3, 0.4) is 0 Å². The third kappa shape index (κ3) is 17.7. The van der Waals surface area contributed by atoms with Crippen LogP contribution in [0.4, 0.5) is 0 Å². The number of rotatable bonds is 30. The average molecular weight is 579 g/mol. The molecule has 0 unspecified atom stereocenters. The summed E-state index contributed by atoms with van der Waals surface area (Å²) in [5.74, 6) is 3.50. The molecule has 0 aliphatic heterocycles. The van der Waals surface area contributed by atoms with E-state index in [4.69, 9.17) is 23.7 Å². The summed E-state index contributed by atoms with van der Waals surface area (Å²) < 4.78 is 32.3. The van der Waals surface area contributed by atoms with Gasteiger partial charge in [-0.15, -0.1) is 0 Å². The fraction of sp³-hybridized carbons (Fsp3) is 0.833. The van der Waals surface area contributed by atoms with Crippen molar-refractivity contribution in [3.05, 3.63) is 6.07 Å². The maximum atomic E-state index is 6.53. The molecule has 0 bridgehead atoms. The molecule has 0 heterocycles. The van der Waals surface area contributed by atoms with Crippen LogP contribution < -0.4 is 23.7 Å². The summed E-state index contributed by atoms with van der Waals surface area (Å²) in [6.07, 6.45) is 23.1. The van der Waals surface area contributed by atoms with E-state index in [9.17, 15) is 0 Å². The highest BCUT2D eigenvalue weighted by atomic mass is 16.6. The van der Waals surface area contributed by atoms with Crippen molar-refractivity contribution in [3.63, 3.8) is 0 Å². The van der Waals surface area contributed by atoms with Crippen molar-refractivity contribution >= 4 is 0 Å². The molecule has 240 valence electrons. The standard InChI is InChI=1S/C36H66O5/c1-6-11-16-21-26-37-32-31-33(38-27-22-17-12-7-2)35(40-29-24-19-14-9-4)36(41-30-25-20-15-10-5)34(32)39-28-23-18-13-8-3/h31H,6-30H2,1-5H3. The Hall–Kier alpha value is -1.78. The first kappa shape index (κ1) is 37.2. The Morgan fingerprint density at radius 1 is 0.317 bits per heavy atom. The monoisotopic (exact) mass is 578 g/mol. The van der Waals surface area contributed by atoms with E-state index in [2.05, 4.69) is 34.6 Å². The van der Waals surface area contributed by atoms with Crippen molar-refractivity contribution in [2.45, 2.75) is 163 Å². The molecule has 0 spiro atoms. The molecule has 1 aromatic rings. The van der Waals surface area contributed by atoms with Gasteiger partial charge in [-0.1, -0.05) is 131 Å². The first-order valence-electron chi connectivity index (χ1n) is 17.6. The minimum absolute atomic E-state index is 0.633. The lowest BCUT2D eigenvalue weighted by molar-refractivity contribution is 0.207. The number of benzene rings is 1. The lowest BCUT2D eigenvalue weighted by atomic mass is 10.2. The molecule has 0 saturated heterocycles. The predicted molar refractivity (Wildman–Crippen MR) is 175 cm³/mol. The highest BCUT2D eigenvalue weighted by Gasteiger charge is 2.25. The van der Waals surface area contributed by atoms with E-state index in [1.54, 1.807) is 0 Å². The van der Waals surface area contributed by atoms with Gasteiger partial charge in [0.1, 0.15) is 0 Å². The Balaban J connectivity index is 3.33. The van der Waals surface area contributed by atoms with Gasteiger partial charge in [-0.2, -0.15) is 0 Å². The Bertz CT molecular complexity index is 670. The number of hydrogen-bond acceptors (Lipinski definition) is 5. The summed E-state index contributed by atoms with van der Waals surface area (Å²) in [6, 6.07) is 2.01. The Labute approximate surface area is 254 Å². The van der Waals surface area contributed by atoms with E-state index in [-0.39, 0.29) is 0 Å². The molecule has 0 aliphatic rings. The summed E-state index contributed by atoms with van der Waals surface area (Å²) in [5.41, 5.74) is 0. The molecule has 0 saturated carbocycles. The zero-order valence-corrected chi connectivity index (χ0v) is 27.8. The summed E-state index contributed by atoms with van der Waals surface area (Å²) >= 11 is 0. The van der Waals surface area contributed by atoms with Gasteiger partial charge in [0, 0.05) is 6.07 Å². The summed E-state index contributed by atoms with van der Waals surface area (Å²) in [6.45, 7) is 14.4. The molecule has 0 aromatic heterocycles. The largest absolute Gasteiger partial charge is 0.489 e. The summed E-state index contributed by atoms with van der Waals surface area (Å²) in [4.78, 5) is 0. The van der Waals surface area contributed by atoms with Gasteiger partial charge < -0.3 is 23.7 Å². The second-order valence-electron chi connectivity index (χ2n) is 11.4. The zero-order valence-electron chi connectivity index (χ0n) is 27.8. The maximum Gasteiger partial charge on any atom is 0.211 e. The Morgan fingerprint density at radius 2 is 0.585 bits per heavy atom. The molecule has 0 fully saturated rings. The van der Waals surface area contributed by atoms with Crippen LogP contribution in [0.2, 0.25) is 0 Å². The third-order valence-corrected chi connectivity index (χ3v) is 7.37. The van der Waals surface area contributed by atoms with Crippen LogP contribution in [0.25, 0.3) is 0 Å². The summed E-state index contributed by atoms with van der Waals surface area (Å²) in [7, 11) is 0.